The fraction of sp³-hybridized carbons (Fsp3) is 0.474. The monoisotopic (exact) mass is 360 g/mol. The Morgan fingerprint density at radius 3 is 2.27 bits per heavy atom. The first-order chi connectivity index (χ1) is 12.5. The van der Waals surface area contributed by atoms with E-state index in [2.05, 4.69) is 12.2 Å². The van der Waals surface area contributed by atoms with Gasteiger partial charge in [-0.1, -0.05) is 38.3 Å². The van der Waals surface area contributed by atoms with E-state index in [9.17, 15) is 19.2 Å². The van der Waals surface area contributed by atoms with Crippen molar-refractivity contribution in [3.8, 4) is 0 Å². The third-order valence-corrected chi connectivity index (χ3v) is 4.25. The Morgan fingerprint density at radius 1 is 1.08 bits per heavy atom. The Hall–Kier alpha value is -2.70. The van der Waals surface area contributed by atoms with E-state index in [1.54, 1.807) is 24.3 Å². The highest BCUT2D eigenvalue weighted by Gasteiger charge is 2.41. The number of ether oxygens (including phenoxy) is 1. The summed E-state index contributed by atoms with van der Waals surface area (Å²) in [6, 6.07) is 5.29. The number of imide groups is 1. The highest BCUT2D eigenvalue weighted by molar-refractivity contribution is 6.22. The summed E-state index contributed by atoms with van der Waals surface area (Å²) in [5, 5.41) is 2.67. The van der Waals surface area contributed by atoms with Gasteiger partial charge in [-0.2, -0.15) is 0 Å². The number of hydrogen-bond donors (Lipinski definition) is 1. The van der Waals surface area contributed by atoms with Gasteiger partial charge in [0.25, 0.3) is 17.7 Å². The molecule has 26 heavy (non-hydrogen) atoms. The number of unbranched alkanes of at least 4 members (excludes halogenated alkanes) is 3. The maximum Gasteiger partial charge on any atom is 0.329 e. The van der Waals surface area contributed by atoms with Crippen LogP contribution >= 0.6 is 0 Å². The van der Waals surface area contributed by atoms with Crippen molar-refractivity contribution in [3.05, 3.63) is 35.4 Å². The molecule has 1 aliphatic heterocycles. The molecule has 0 bridgehead atoms. The van der Waals surface area contributed by atoms with E-state index in [0.717, 1.165) is 30.6 Å². The van der Waals surface area contributed by atoms with Gasteiger partial charge >= 0.3 is 5.97 Å². The number of amides is 3. The van der Waals surface area contributed by atoms with Crippen LogP contribution in [0.3, 0.4) is 0 Å². The van der Waals surface area contributed by atoms with Crippen molar-refractivity contribution in [1.29, 1.82) is 0 Å². The van der Waals surface area contributed by atoms with E-state index in [1.165, 1.54) is 6.92 Å². The van der Waals surface area contributed by atoms with E-state index in [0.29, 0.717) is 6.54 Å². The molecule has 0 saturated carbocycles. The van der Waals surface area contributed by atoms with Gasteiger partial charge in [0.2, 0.25) is 0 Å². The molecule has 1 aromatic rings. The molecule has 0 saturated heterocycles. The third-order valence-electron chi connectivity index (χ3n) is 4.25. The van der Waals surface area contributed by atoms with Gasteiger partial charge in [-0.3, -0.25) is 19.3 Å². The minimum absolute atomic E-state index is 0.266. The van der Waals surface area contributed by atoms with Gasteiger partial charge in [0, 0.05) is 6.54 Å². The van der Waals surface area contributed by atoms with Crippen LogP contribution in [0.4, 0.5) is 0 Å². The van der Waals surface area contributed by atoms with Crippen LogP contribution in [-0.4, -0.2) is 47.8 Å². The lowest BCUT2D eigenvalue weighted by Crippen LogP contribution is -2.44. The van der Waals surface area contributed by atoms with Crippen molar-refractivity contribution >= 4 is 23.7 Å². The van der Waals surface area contributed by atoms with Crippen molar-refractivity contribution in [2.45, 2.75) is 45.6 Å². The van der Waals surface area contributed by atoms with E-state index in [1.807, 2.05) is 0 Å². The minimum Gasteiger partial charge on any atom is -0.454 e. The van der Waals surface area contributed by atoms with E-state index in [-0.39, 0.29) is 11.1 Å². The number of rotatable bonds is 9. The topological polar surface area (TPSA) is 92.8 Å². The predicted octanol–water partition coefficient (Wildman–Crippen LogP) is 1.91. The fourth-order valence-corrected chi connectivity index (χ4v) is 2.75. The first-order valence-electron chi connectivity index (χ1n) is 8.87. The van der Waals surface area contributed by atoms with Gasteiger partial charge < -0.3 is 10.1 Å². The van der Waals surface area contributed by atoms with Gasteiger partial charge in [-0.15, -0.1) is 0 Å². The van der Waals surface area contributed by atoms with Crippen LogP contribution in [-0.2, 0) is 14.3 Å². The van der Waals surface area contributed by atoms with Gasteiger partial charge in [-0.25, -0.2) is 4.79 Å². The highest BCUT2D eigenvalue weighted by Crippen LogP contribution is 2.24. The fourth-order valence-electron chi connectivity index (χ4n) is 2.75. The molecule has 140 valence electrons. The Bertz CT molecular complexity index is 666. The van der Waals surface area contributed by atoms with Gasteiger partial charge in [0.15, 0.2) is 6.61 Å². The summed E-state index contributed by atoms with van der Waals surface area (Å²) in [4.78, 5) is 49.4. The van der Waals surface area contributed by atoms with Crippen molar-refractivity contribution in [3.63, 3.8) is 0 Å². The van der Waals surface area contributed by atoms with Crippen LogP contribution in [0, 0.1) is 0 Å². The van der Waals surface area contributed by atoms with Crippen LogP contribution in [0.1, 0.15) is 60.2 Å². The Labute approximate surface area is 152 Å². The molecule has 3 amide bonds. The lowest BCUT2D eigenvalue weighted by molar-refractivity contribution is -0.151. The second kappa shape index (κ2) is 9.12. The zero-order valence-electron chi connectivity index (χ0n) is 15.1. The van der Waals surface area contributed by atoms with Crippen LogP contribution < -0.4 is 5.32 Å². The predicted molar refractivity (Wildman–Crippen MR) is 94.5 cm³/mol. The molecular weight excluding hydrogens is 336 g/mol. The number of hydrogen-bond acceptors (Lipinski definition) is 5. The molecular formula is C19H24N2O5. The van der Waals surface area contributed by atoms with E-state index >= 15 is 0 Å². The first-order valence-corrected chi connectivity index (χ1v) is 8.87. The second-order valence-corrected chi connectivity index (χ2v) is 6.22. The van der Waals surface area contributed by atoms with Gasteiger partial charge in [0.1, 0.15) is 6.04 Å². The summed E-state index contributed by atoms with van der Waals surface area (Å²) in [5.41, 5.74) is 0.531. The molecule has 0 radical (unpaired) electrons. The van der Waals surface area contributed by atoms with Crippen molar-refractivity contribution in [2.24, 2.45) is 0 Å². The smallest absolute Gasteiger partial charge is 0.329 e. The minimum atomic E-state index is -1.10. The molecule has 0 spiro atoms. The average molecular weight is 360 g/mol. The lowest BCUT2D eigenvalue weighted by Gasteiger charge is -2.20. The van der Waals surface area contributed by atoms with Crippen molar-refractivity contribution in [2.75, 3.05) is 13.2 Å². The number of carbonyl (C=O) groups is 4. The molecule has 0 unspecified atom stereocenters. The van der Waals surface area contributed by atoms with Crippen LogP contribution in [0.2, 0.25) is 0 Å². The normalized spacial score (nSPS) is 14.2. The molecule has 1 heterocycles. The molecule has 1 aliphatic rings. The van der Waals surface area contributed by atoms with E-state index in [4.69, 9.17) is 4.74 Å². The zero-order chi connectivity index (χ0) is 19.1. The number of fused-ring (bicyclic) bond motifs is 1. The maximum absolute atomic E-state index is 12.3. The SMILES string of the molecule is CCCCCCNC(=O)COC(=O)[C@@H](C)N1C(=O)c2ccccc2C1=O. The summed E-state index contributed by atoms with van der Waals surface area (Å²) < 4.78 is 4.95. The van der Waals surface area contributed by atoms with Crippen molar-refractivity contribution in [1.82, 2.24) is 10.2 Å². The van der Waals surface area contributed by atoms with Crippen LogP contribution in [0.5, 0.6) is 0 Å². The molecule has 7 nitrogen and oxygen atoms in total. The Balaban J connectivity index is 1.82. The largest absolute Gasteiger partial charge is 0.454 e. The summed E-state index contributed by atoms with van der Waals surface area (Å²) in [7, 11) is 0. The molecule has 0 aromatic heterocycles. The quantitative estimate of drug-likeness (QED) is 0.412. The molecule has 0 fully saturated rings. The van der Waals surface area contributed by atoms with Gasteiger partial charge in [0.05, 0.1) is 11.1 Å². The summed E-state index contributed by atoms with van der Waals surface area (Å²) in [6.45, 7) is 3.62. The Morgan fingerprint density at radius 2 is 1.69 bits per heavy atom. The first kappa shape index (κ1) is 19.6. The molecule has 1 aromatic carbocycles. The number of benzene rings is 1. The van der Waals surface area contributed by atoms with Crippen LogP contribution in [0.25, 0.3) is 0 Å². The summed E-state index contributed by atoms with van der Waals surface area (Å²) in [6.07, 6.45) is 4.14. The van der Waals surface area contributed by atoms with E-state index < -0.39 is 36.3 Å². The van der Waals surface area contributed by atoms with Crippen LogP contribution in [0.15, 0.2) is 24.3 Å². The van der Waals surface area contributed by atoms with Crippen molar-refractivity contribution < 1.29 is 23.9 Å². The number of nitrogens with zero attached hydrogens (tertiary/aromatic N) is 1. The Kier molecular flexibility index (Phi) is 6.89. The molecule has 1 N–H and O–H groups in total. The maximum atomic E-state index is 12.3. The molecule has 7 heteroatoms. The average Bonchev–Trinajstić information content (AvgIpc) is 2.90. The highest BCUT2D eigenvalue weighted by atomic mass is 16.5. The lowest BCUT2D eigenvalue weighted by atomic mass is 10.1. The second-order valence-electron chi connectivity index (χ2n) is 6.22. The molecule has 2 rings (SSSR count). The molecule has 1 atom stereocenters. The van der Waals surface area contributed by atoms with Gasteiger partial charge in [-0.05, 0) is 25.5 Å². The molecule has 0 aliphatic carbocycles. The summed E-state index contributed by atoms with van der Waals surface area (Å²) in [5.74, 6) is -2.25. The number of nitrogens with one attached hydrogen (secondary N) is 1. The standard InChI is InChI=1S/C19H24N2O5/c1-3-4-5-8-11-20-16(22)12-26-19(25)13(2)21-17(23)14-9-6-7-10-15(14)18(21)24/h6-7,9-10,13H,3-5,8,11-12H2,1-2H3,(H,20,22)/t13-/m1/s1. The number of carbonyl (C=O) groups excluding carboxylic acids is 4. The zero-order valence-corrected chi connectivity index (χ0v) is 15.1. The number of esters is 1. The summed E-state index contributed by atoms with van der Waals surface area (Å²) >= 11 is 0. The third kappa shape index (κ3) is 4.47.